The number of esters is 1. The van der Waals surface area contributed by atoms with Crippen molar-refractivity contribution in [3.05, 3.63) is 71.8 Å². The zero-order valence-corrected chi connectivity index (χ0v) is 19.8. The number of nitrogens with one attached hydrogen (secondary N) is 3. The summed E-state index contributed by atoms with van der Waals surface area (Å²) in [5.74, 6) is 2.60. The Morgan fingerprint density at radius 3 is 1.75 bits per heavy atom. The SMILES string of the molecule is COC(=O)CN(Cc1ccccc1)NC(=O)CONC(=O)CN(Cc1ccccc1)NC(=O)CON. The van der Waals surface area contributed by atoms with Crippen molar-refractivity contribution in [2.45, 2.75) is 13.1 Å². The highest BCUT2D eigenvalue weighted by Gasteiger charge is 2.17. The third-order valence-electron chi connectivity index (χ3n) is 4.48. The van der Waals surface area contributed by atoms with E-state index in [2.05, 4.69) is 25.9 Å². The Morgan fingerprint density at radius 1 is 0.750 bits per heavy atom. The smallest absolute Gasteiger partial charge is 0.321 e. The van der Waals surface area contributed by atoms with E-state index in [0.717, 1.165) is 11.1 Å². The number of nitrogens with two attached hydrogens (primary N) is 1. The van der Waals surface area contributed by atoms with Crippen molar-refractivity contribution in [3.63, 3.8) is 0 Å². The van der Waals surface area contributed by atoms with Crippen LogP contribution >= 0.6 is 0 Å². The minimum absolute atomic E-state index is 0.190. The lowest BCUT2D eigenvalue weighted by atomic mass is 10.2. The van der Waals surface area contributed by atoms with E-state index >= 15 is 0 Å². The van der Waals surface area contributed by atoms with Gasteiger partial charge in [-0.1, -0.05) is 60.7 Å². The van der Waals surface area contributed by atoms with Crippen molar-refractivity contribution < 1.29 is 33.6 Å². The monoisotopic (exact) mass is 502 g/mol. The molecule has 0 aliphatic carbocycles. The molecule has 0 fully saturated rings. The van der Waals surface area contributed by atoms with Gasteiger partial charge in [-0.15, -0.1) is 0 Å². The van der Waals surface area contributed by atoms with E-state index in [0.29, 0.717) is 0 Å². The van der Waals surface area contributed by atoms with Crippen molar-refractivity contribution in [1.29, 1.82) is 0 Å². The summed E-state index contributed by atoms with van der Waals surface area (Å²) in [6.07, 6.45) is 0. The van der Waals surface area contributed by atoms with E-state index in [1.807, 2.05) is 60.7 Å². The van der Waals surface area contributed by atoms with Gasteiger partial charge < -0.3 is 4.74 Å². The Kier molecular flexibility index (Phi) is 12.5. The molecule has 0 aliphatic rings. The zero-order chi connectivity index (χ0) is 26.2. The summed E-state index contributed by atoms with van der Waals surface area (Å²) in [6.45, 7) is -0.930. The van der Waals surface area contributed by atoms with E-state index in [-0.39, 0.29) is 26.2 Å². The van der Waals surface area contributed by atoms with Crippen molar-refractivity contribution >= 4 is 23.7 Å². The second-order valence-electron chi connectivity index (χ2n) is 7.45. The Balaban J connectivity index is 1.84. The average Bonchev–Trinajstić information content (AvgIpc) is 2.85. The number of rotatable bonds is 15. The third kappa shape index (κ3) is 11.5. The van der Waals surface area contributed by atoms with Crippen LogP contribution in [-0.4, -0.2) is 67.1 Å². The largest absolute Gasteiger partial charge is 0.468 e. The second-order valence-corrected chi connectivity index (χ2v) is 7.45. The molecule has 13 nitrogen and oxygen atoms in total. The van der Waals surface area contributed by atoms with Crippen molar-refractivity contribution in [2.75, 3.05) is 33.4 Å². The molecule has 2 aromatic rings. The molecule has 194 valence electrons. The number of carbonyl (C=O) groups is 4. The second kappa shape index (κ2) is 15.9. The van der Waals surface area contributed by atoms with Crippen LogP contribution in [0.15, 0.2) is 60.7 Å². The zero-order valence-electron chi connectivity index (χ0n) is 19.8. The van der Waals surface area contributed by atoms with E-state index < -0.39 is 36.9 Å². The summed E-state index contributed by atoms with van der Waals surface area (Å²) in [5.41, 5.74) is 8.90. The molecule has 0 bridgehead atoms. The van der Waals surface area contributed by atoms with Crippen LogP contribution in [0.5, 0.6) is 0 Å². The minimum Gasteiger partial charge on any atom is -0.468 e. The highest BCUT2D eigenvalue weighted by Crippen LogP contribution is 2.03. The van der Waals surface area contributed by atoms with Crippen LogP contribution in [0.2, 0.25) is 0 Å². The summed E-state index contributed by atoms with van der Waals surface area (Å²) in [6, 6.07) is 18.3. The highest BCUT2D eigenvalue weighted by atomic mass is 16.7. The Hall–Kier alpha value is -3.88. The molecule has 2 rings (SSSR count). The van der Waals surface area contributed by atoms with Crippen molar-refractivity contribution in [2.24, 2.45) is 5.90 Å². The fourth-order valence-corrected chi connectivity index (χ4v) is 2.98. The number of nitrogens with zero attached hydrogens (tertiary/aromatic N) is 2. The lowest BCUT2D eigenvalue weighted by Crippen LogP contribution is -2.49. The molecule has 2 aromatic carbocycles. The maximum Gasteiger partial charge on any atom is 0.321 e. The average molecular weight is 503 g/mol. The van der Waals surface area contributed by atoms with E-state index in [1.54, 1.807) is 0 Å². The number of hydrogen-bond donors (Lipinski definition) is 4. The Morgan fingerprint density at radius 2 is 1.25 bits per heavy atom. The normalized spacial score (nSPS) is 10.7. The molecule has 0 aliphatic heterocycles. The standard InChI is InChI=1S/C23H30N6O7/c1-34-23(33)15-29(13-19-10-6-3-7-11-19)26-22(32)17-36-27-20(30)14-28(25-21(31)16-35-24)12-18-8-4-2-5-9-18/h2-11H,12-17,24H2,1H3,(H,25,31)(H,26,32)(H,27,30). The van der Waals surface area contributed by atoms with E-state index in [9.17, 15) is 19.2 Å². The molecule has 0 aromatic heterocycles. The molecule has 36 heavy (non-hydrogen) atoms. The van der Waals surface area contributed by atoms with Gasteiger partial charge in [0.05, 0.1) is 13.7 Å². The predicted molar refractivity (Wildman–Crippen MR) is 126 cm³/mol. The highest BCUT2D eigenvalue weighted by molar-refractivity contribution is 5.80. The first-order chi connectivity index (χ1) is 17.4. The van der Waals surface area contributed by atoms with Crippen LogP contribution in [0.3, 0.4) is 0 Å². The topological polar surface area (TPSA) is 165 Å². The first-order valence-electron chi connectivity index (χ1n) is 10.9. The van der Waals surface area contributed by atoms with E-state index in [4.69, 9.17) is 10.7 Å². The summed E-state index contributed by atoms with van der Waals surface area (Å²) in [7, 11) is 1.25. The number of amides is 3. The van der Waals surface area contributed by atoms with Gasteiger partial charge in [0.1, 0.15) is 13.2 Å². The maximum atomic E-state index is 12.3. The summed E-state index contributed by atoms with van der Waals surface area (Å²) < 4.78 is 4.67. The molecule has 0 radical (unpaired) electrons. The van der Waals surface area contributed by atoms with Gasteiger partial charge in [-0.2, -0.15) is 0 Å². The Bertz CT molecular complexity index is 977. The minimum atomic E-state index is -0.622. The first kappa shape index (κ1) is 28.4. The molecule has 0 unspecified atom stereocenters. The van der Waals surface area contributed by atoms with Crippen LogP contribution in [0.1, 0.15) is 11.1 Å². The van der Waals surface area contributed by atoms with Gasteiger partial charge in [0.15, 0.2) is 6.61 Å². The van der Waals surface area contributed by atoms with Crippen LogP contribution in [0, 0.1) is 0 Å². The molecular formula is C23H30N6O7. The van der Waals surface area contributed by atoms with Gasteiger partial charge in [0.2, 0.25) is 0 Å². The fraction of sp³-hybridized carbons (Fsp3) is 0.304. The molecule has 13 heteroatoms. The number of carbonyl (C=O) groups excluding carboxylic acids is 4. The van der Waals surface area contributed by atoms with Gasteiger partial charge in [0.25, 0.3) is 17.7 Å². The summed E-state index contributed by atoms with van der Waals surface area (Å²) >= 11 is 0. The maximum absolute atomic E-state index is 12.3. The molecule has 0 atom stereocenters. The van der Waals surface area contributed by atoms with E-state index in [1.165, 1.54) is 17.1 Å². The Labute approximate surface area is 208 Å². The van der Waals surface area contributed by atoms with Crippen LogP contribution in [0.25, 0.3) is 0 Å². The molecular weight excluding hydrogens is 472 g/mol. The van der Waals surface area contributed by atoms with Crippen molar-refractivity contribution in [3.8, 4) is 0 Å². The molecule has 5 N–H and O–H groups in total. The quantitative estimate of drug-likeness (QED) is 0.178. The molecule has 0 saturated heterocycles. The lowest BCUT2D eigenvalue weighted by molar-refractivity contribution is -0.146. The number of ether oxygens (including phenoxy) is 1. The number of hydroxylamine groups is 1. The molecule has 0 saturated carbocycles. The molecule has 0 spiro atoms. The van der Waals surface area contributed by atoms with Crippen molar-refractivity contribution in [1.82, 2.24) is 26.3 Å². The van der Waals surface area contributed by atoms with Gasteiger partial charge >= 0.3 is 5.97 Å². The van der Waals surface area contributed by atoms with Crippen LogP contribution in [-0.2, 0) is 46.7 Å². The molecule has 3 amide bonds. The predicted octanol–water partition coefficient (Wildman–Crippen LogP) is -0.836. The summed E-state index contributed by atoms with van der Waals surface area (Å²) in [4.78, 5) is 57.5. The third-order valence-corrected chi connectivity index (χ3v) is 4.48. The number of hydrazine groups is 2. The van der Waals surface area contributed by atoms with Gasteiger partial charge in [-0.25, -0.2) is 21.4 Å². The van der Waals surface area contributed by atoms with Gasteiger partial charge in [-0.3, -0.25) is 39.7 Å². The summed E-state index contributed by atoms with van der Waals surface area (Å²) in [5, 5.41) is 2.71. The molecule has 0 heterocycles. The first-order valence-corrected chi connectivity index (χ1v) is 10.9. The number of methoxy groups -OCH3 is 1. The fourth-order valence-electron chi connectivity index (χ4n) is 2.98. The number of benzene rings is 2. The number of hydrogen-bond acceptors (Lipinski definition) is 10. The van der Waals surface area contributed by atoms with Gasteiger partial charge in [-0.05, 0) is 11.1 Å². The van der Waals surface area contributed by atoms with Crippen LogP contribution < -0.4 is 22.2 Å². The lowest BCUT2D eigenvalue weighted by Gasteiger charge is -2.23. The van der Waals surface area contributed by atoms with Gasteiger partial charge in [0, 0.05) is 13.1 Å². The van der Waals surface area contributed by atoms with Crippen LogP contribution in [0.4, 0.5) is 0 Å².